The Hall–Kier alpha value is -0.436. The number of rotatable bonds is 2. The van der Waals surface area contributed by atoms with Crippen LogP contribution >= 0.6 is 11.6 Å². The zero-order valence-corrected chi connectivity index (χ0v) is 13.7. The average Bonchev–Trinajstić information content (AvgIpc) is 2.33. The first-order chi connectivity index (χ1) is 8.15. The van der Waals surface area contributed by atoms with E-state index in [-0.39, 0.29) is 38.5 Å². The van der Waals surface area contributed by atoms with Gasteiger partial charge in [-0.2, -0.15) is 23.8 Å². The predicted molar refractivity (Wildman–Crippen MR) is 68.5 cm³/mol. The van der Waals surface area contributed by atoms with Crippen LogP contribution in [0.15, 0.2) is 47.6 Å². The van der Waals surface area contributed by atoms with E-state index < -0.39 is 0 Å². The van der Waals surface area contributed by atoms with Gasteiger partial charge in [-0.15, -0.1) is 6.07 Å². The molecule has 0 saturated heterocycles. The Labute approximate surface area is 137 Å². The molecule has 0 spiro atoms. The summed E-state index contributed by atoms with van der Waals surface area (Å²) in [5.41, 5.74) is 1.85. The van der Waals surface area contributed by atoms with E-state index in [1.165, 1.54) is 6.07 Å². The zero-order chi connectivity index (χ0) is 12.4. The zero-order valence-electron chi connectivity index (χ0n) is 10.1. The quantitative estimate of drug-likeness (QED) is 0.739. The Balaban J connectivity index is 0.00000162. The molecule has 0 atom stereocenters. The van der Waals surface area contributed by atoms with Crippen LogP contribution < -0.4 is 0 Å². The first-order valence-electron chi connectivity index (χ1n) is 5.36. The van der Waals surface area contributed by atoms with Gasteiger partial charge in [-0.05, 0) is 23.7 Å². The molecule has 2 rings (SSSR count). The minimum absolute atomic E-state index is 0. The van der Waals surface area contributed by atoms with Crippen molar-refractivity contribution in [2.24, 2.45) is 0 Å². The molecule has 0 aliphatic carbocycles. The molecule has 0 bridgehead atoms. The maximum absolute atomic E-state index is 13.7. The molecular formula is C14H12ClFNY-. The summed E-state index contributed by atoms with van der Waals surface area (Å²) in [6.07, 6.45) is 4.63. The van der Waals surface area contributed by atoms with Crippen molar-refractivity contribution in [3.63, 3.8) is 0 Å². The van der Waals surface area contributed by atoms with Crippen LogP contribution in [0.5, 0.6) is 0 Å². The van der Waals surface area contributed by atoms with Crippen molar-refractivity contribution in [2.45, 2.75) is 6.92 Å². The van der Waals surface area contributed by atoms with Gasteiger partial charge in [-0.25, -0.2) is 4.39 Å². The third-order valence-corrected chi connectivity index (χ3v) is 2.98. The van der Waals surface area contributed by atoms with Crippen molar-refractivity contribution >= 4 is 17.3 Å². The van der Waals surface area contributed by atoms with Crippen LogP contribution in [0, 0.1) is 11.9 Å². The summed E-state index contributed by atoms with van der Waals surface area (Å²) < 4.78 is 13.7. The van der Waals surface area contributed by atoms with Crippen molar-refractivity contribution in [2.75, 3.05) is 6.54 Å². The van der Waals surface area contributed by atoms with Gasteiger partial charge in [0, 0.05) is 39.3 Å². The summed E-state index contributed by atoms with van der Waals surface area (Å²) in [6.45, 7) is 6.52. The van der Waals surface area contributed by atoms with E-state index in [0.717, 1.165) is 0 Å². The predicted octanol–water partition coefficient (Wildman–Crippen LogP) is 3.94. The van der Waals surface area contributed by atoms with E-state index in [9.17, 15) is 4.39 Å². The molecule has 1 heterocycles. The Morgan fingerprint density at radius 3 is 2.67 bits per heavy atom. The molecule has 0 amide bonds. The molecule has 1 aliphatic heterocycles. The van der Waals surface area contributed by atoms with Gasteiger partial charge in [0.15, 0.2) is 0 Å². The van der Waals surface area contributed by atoms with Crippen molar-refractivity contribution < 1.29 is 37.1 Å². The minimum atomic E-state index is -0.271. The molecule has 0 fully saturated rings. The molecule has 0 N–H and O–H groups in total. The molecule has 1 aromatic rings. The number of likely N-dealkylation sites (N-methyl/N-ethyl adjacent to an activating group) is 1. The summed E-state index contributed by atoms with van der Waals surface area (Å²) in [5.74, 6) is -0.271. The summed E-state index contributed by atoms with van der Waals surface area (Å²) in [6, 6.07) is 6.61. The molecule has 1 nitrogen and oxygen atoms in total. The second-order valence-corrected chi connectivity index (χ2v) is 4.06. The Bertz CT molecular complexity index is 522. The Kier molecular flexibility index (Phi) is 5.77. The van der Waals surface area contributed by atoms with Gasteiger partial charge in [0.25, 0.3) is 0 Å². The van der Waals surface area contributed by atoms with Crippen LogP contribution in [0.3, 0.4) is 0 Å². The molecule has 0 aromatic heterocycles. The molecule has 0 unspecified atom stereocenters. The second-order valence-electron chi connectivity index (χ2n) is 3.66. The van der Waals surface area contributed by atoms with E-state index in [0.29, 0.717) is 28.5 Å². The average molecular weight is 338 g/mol. The van der Waals surface area contributed by atoms with Gasteiger partial charge >= 0.3 is 0 Å². The molecule has 4 heteroatoms. The summed E-state index contributed by atoms with van der Waals surface area (Å²) in [7, 11) is 0. The van der Waals surface area contributed by atoms with Crippen molar-refractivity contribution in [1.82, 2.24) is 4.90 Å². The summed E-state index contributed by atoms with van der Waals surface area (Å²) >= 11 is 5.98. The number of nitrogens with zero attached hydrogens (tertiary/aromatic N) is 1. The van der Waals surface area contributed by atoms with Crippen LogP contribution in [-0.4, -0.2) is 11.4 Å². The normalized spacial score (nSPS) is 14.8. The second kappa shape index (κ2) is 6.65. The molecule has 1 aromatic carbocycles. The molecule has 0 saturated carbocycles. The molecular weight excluding hydrogens is 326 g/mol. The molecule has 91 valence electrons. The first-order valence-corrected chi connectivity index (χ1v) is 5.73. The van der Waals surface area contributed by atoms with Crippen molar-refractivity contribution in [3.8, 4) is 0 Å². The minimum Gasteiger partial charge on any atom is -0.374 e. The fraction of sp³-hybridized carbons (Fsp3) is 0.143. The third kappa shape index (κ3) is 2.93. The van der Waals surface area contributed by atoms with Crippen LogP contribution in [-0.2, 0) is 32.7 Å². The number of hydrogen-bond donors (Lipinski definition) is 0. The Morgan fingerprint density at radius 2 is 2.06 bits per heavy atom. The van der Waals surface area contributed by atoms with Gasteiger partial charge in [-0.3, -0.25) is 0 Å². The van der Waals surface area contributed by atoms with E-state index in [4.69, 9.17) is 11.6 Å². The van der Waals surface area contributed by atoms with Crippen LogP contribution in [0.4, 0.5) is 4.39 Å². The van der Waals surface area contributed by atoms with Crippen molar-refractivity contribution in [1.29, 1.82) is 0 Å². The van der Waals surface area contributed by atoms with Crippen LogP contribution in [0.1, 0.15) is 12.5 Å². The van der Waals surface area contributed by atoms with E-state index in [2.05, 4.69) is 12.7 Å². The van der Waals surface area contributed by atoms with Gasteiger partial charge < -0.3 is 4.90 Å². The summed E-state index contributed by atoms with van der Waals surface area (Å²) in [4.78, 5) is 1.85. The van der Waals surface area contributed by atoms with Gasteiger partial charge in [0.1, 0.15) is 0 Å². The fourth-order valence-corrected chi connectivity index (χ4v) is 1.94. The first kappa shape index (κ1) is 15.6. The number of allylic oxidation sites excluding steroid dienone is 3. The van der Waals surface area contributed by atoms with Crippen LogP contribution in [0.2, 0.25) is 0 Å². The summed E-state index contributed by atoms with van der Waals surface area (Å²) in [5, 5.41) is 0.534. The van der Waals surface area contributed by atoms with E-state index >= 15 is 0 Å². The van der Waals surface area contributed by atoms with E-state index in [1.54, 1.807) is 24.3 Å². The monoisotopic (exact) mass is 337 g/mol. The molecule has 18 heavy (non-hydrogen) atoms. The SMILES string of the molecule is C=C1C(Cl)=C[C-]=C(c2ccccc2F)N1CC.[Y]. The van der Waals surface area contributed by atoms with Gasteiger partial charge in [0.2, 0.25) is 0 Å². The van der Waals surface area contributed by atoms with Gasteiger partial charge in [-0.1, -0.05) is 30.0 Å². The smallest absolute Gasteiger partial charge is 0.0781 e. The van der Waals surface area contributed by atoms with Crippen molar-refractivity contribution in [3.05, 3.63) is 65.1 Å². The number of hydrogen-bond acceptors (Lipinski definition) is 1. The topological polar surface area (TPSA) is 3.24 Å². The third-order valence-electron chi connectivity index (χ3n) is 2.65. The van der Waals surface area contributed by atoms with E-state index in [1.807, 2.05) is 11.8 Å². The molecule has 1 radical (unpaired) electrons. The number of benzene rings is 1. The van der Waals surface area contributed by atoms with Crippen LogP contribution in [0.25, 0.3) is 5.70 Å². The van der Waals surface area contributed by atoms with Gasteiger partial charge in [0.05, 0.1) is 5.82 Å². The maximum atomic E-state index is 13.7. The number of halogens is 2. The Morgan fingerprint density at radius 1 is 1.39 bits per heavy atom. The fourth-order valence-electron chi connectivity index (χ4n) is 1.78. The molecule has 1 aliphatic rings. The standard InChI is InChI=1S/C14H12ClFN.Y/c1-3-17-10(2)12(15)8-9-14(17)11-6-4-5-7-13(11)16;/h4-8H,2-3H2,1H3;/q-1;. The maximum Gasteiger partial charge on any atom is 0.0781 e. The largest absolute Gasteiger partial charge is 0.374 e.